The first-order valence-corrected chi connectivity index (χ1v) is 7.74. The number of nitrogens with one attached hydrogen (secondary N) is 1. The van der Waals surface area contributed by atoms with Crippen LogP contribution in [0.2, 0.25) is 0 Å². The molecule has 0 saturated carbocycles. The summed E-state index contributed by atoms with van der Waals surface area (Å²) >= 11 is 0. The monoisotopic (exact) mass is 322 g/mol. The molecular weight excluding hydrogens is 304 g/mol. The number of aryl methyl sites for hydroxylation is 2. The smallest absolute Gasteiger partial charge is 0.267 e. The summed E-state index contributed by atoms with van der Waals surface area (Å²) in [6.45, 7) is 2.05. The molecule has 0 aliphatic carbocycles. The molecule has 2 N–H and O–H groups in total. The fraction of sp³-hybridized carbons (Fsp3) is 0.158. The van der Waals surface area contributed by atoms with Gasteiger partial charge in [0.15, 0.2) is 0 Å². The van der Waals surface area contributed by atoms with Crippen molar-refractivity contribution < 1.29 is 9.90 Å². The Bertz CT molecular complexity index is 972. The van der Waals surface area contributed by atoms with Crippen LogP contribution in [0.4, 0.5) is 5.69 Å². The van der Waals surface area contributed by atoms with Crippen molar-refractivity contribution in [1.82, 2.24) is 4.57 Å². The van der Waals surface area contributed by atoms with Gasteiger partial charge in [-0.3, -0.25) is 9.59 Å². The molecule has 0 saturated heterocycles. The highest BCUT2D eigenvalue weighted by Crippen LogP contribution is 2.26. The molecule has 1 aromatic heterocycles. The lowest BCUT2D eigenvalue weighted by Gasteiger charge is -2.12. The average Bonchev–Trinajstić information content (AvgIpc) is 2.60. The van der Waals surface area contributed by atoms with Crippen molar-refractivity contribution in [3.63, 3.8) is 0 Å². The van der Waals surface area contributed by atoms with Crippen LogP contribution in [0.3, 0.4) is 0 Å². The highest BCUT2D eigenvalue weighted by molar-refractivity contribution is 6.09. The molecule has 1 heterocycles. The number of carbonyl (C=O) groups excluding carboxylic acids is 1. The number of carbonyl (C=O) groups is 1. The lowest BCUT2D eigenvalue weighted by Crippen LogP contribution is -2.28. The molecule has 3 aromatic rings. The molecule has 0 aliphatic rings. The zero-order valence-electron chi connectivity index (χ0n) is 13.5. The highest BCUT2D eigenvalue weighted by atomic mass is 16.3. The van der Waals surface area contributed by atoms with Gasteiger partial charge in [0.2, 0.25) is 0 Å². The molecule has 122 valence electrons. The van der Waals surface area contributed by atoms with Gasteiger partial charge >= 0.3 is 0 Å². The van der Waals surface area contributed by atoms with Crippen molar-refractivity contribution in [1.29, 1.82) is 0 Å². The molecule has 0 unspecified atom stereocenters. The summed E-state index contributed by atoms with van der Waals surface area (Å²) in [5.74, 6) is -0.917. The van der Waals surface area contributed by atoms with E-state index in [-0.39, 0.29) is 11.3 Å². The van der Waals surface area contributed by atoms with Crippen LogP contribution in [0.25, 0.3) is 10.9 Å². The Morgan fingerprint density at radius 1 is 1.12 bits per heavy atom. The largest absolute Gasteiger partial charge is 0.506 e. The molecule has 0 bridgehead atoms. The van der Waals surface area contributed by atoms with Crippen LogP contribution in [-0.4, -0.2) is 15.6 Å². The van der Waals surface area contributed by atoms with Crippen LogP contribution in [0.1, 0.15) is 22.8 Å². The fourth-order valence-electron chi connectivity index (χ4n) is 2.70. The van der Waals surface area contributed by atoms with Crippen molar-refractivity contribution >= 4 is 22.5 Å². The number of aromatic hydroxyl groups is 1. The molecule has 24 heavy (non-hydrogen) atoms. The number of hydrogen-bond donors (Lipinski definition) is 2. The van der Waals surface area contributed by atoms with Gasteiger partial charge in [-0.2, -0.15) is 0 Å². The van der Waals surface area contributed by atoms with Gasteiger partial charge in [0.05, 0.1) is 5.52 Å². The molecule has 5 nitrogen and oxygen atoms in total. The Labute approximate surface area is 139 Å². The van der Waals surface area contributed by atoms with Crippen molar-refractivity contribution in [3.05, 3.63) is 70.0 Å². The zero-order valence-corrected chi connectivity index (χ0v) is 13.5. The molecule has 0 spiro atoms. The van der Waals surface area contributed by atoms with Gasteiger partial charge in [0.25, 0.3) is 11.5 Å². The molecule has 0 radical (unpaired) electrons. The molecule has 5 heteroatoms. The highest BCUT2D eigenvalue weighted by Gasteiger charge is 2.21. The van der Waals surface area contributed by atoms with E-state index in [1.54, 1.807) is 43.4 Å². The van der Waals surface area contributed by atoms with Gasteiger partial charge in [0.1, 0.15) is 11.3 Å². The van der Waals surface area contributed by atoms with Crippen LogP contribution < -0.4 is 10.9 Å². The van der Waals surface area contributed by atoms with Crippen LogP contribution >= 0.6 is 0 Å². The minimum Gasteiger partial charge on any atom is -0.506 e. The number of hydrogen-bond acceptors (Lipinski definition) is 3. The summed E-state index contributed by atoms with van der Waals surface area (Å²) in [4.78, 5) is 25.0. The number of fused-ring (bicyclic) bond motifs is 1. The van der Waals surface area contributed by atoms with Gasteiger partial charge in [0, 0.05) is 18.1 Å². The van der Waals surface area contributed by atoms with E-state index in [9.17, 15) is 14.7 Å². The Balaban J connectivity index is 2.05. The van der Waals surface area contributed by atoms with Gasteiger partial charge in [-0.1, -0.05) is 31.2 Å². The third kappa shape index (κ3) is 2.65. The van der Waals surface area contributed by atoms with Crippen molar-refractivity contribution in [2.24, 2.45) is 7.05 Å². The first kappa shape index (κ1) is 15.8. The predicted octanol–water partition coefficient (Wildman–Crippen LogP) is 3.06. The standard InChI is InChI=1S/C19H18N2O3/c1-3-12-8-10-13(11-9-12)20-18(23)16-17(22)14-6-4-5-7-15(14)21(2)19(16)24/h4-11,22H,3H2,1-2H3,(H,20,23). The van der Waals surface area contributed by atoms with Crippen molar-refractivity contribution in [3.8, 4) is 5.75 Å². The second kappa shape index (κ2) is 6.20. The average molecular weight is 322 g/mol. The molecule has 0 fully saturated rings. The summed E-state index contributed by atoms with van der Waals surface area (Å²) in [7, 11) is 1.58. The Morgan fingerprint density at radius 2 is 1.79 bits per heavy atom. The van der Waals surface area contributed by atoms with Crippen molar-refractivity contribution in [2.45, 2.75) is 13.3 Å². The summed E-state index contributed by atoms with van der Waals surface area (Å²) < 4.78 is 1.37. The van der Waals surface area contributed by atoms with E-state index >= 15 is 0 Å². The SMILES string of the molecule is CCc1ccc(NC(=O)c2c(O)c3ccccc3n(C)c2=O)cc1. The Morgan fingerprint density at radius 3 is 2.46 bits per heavy atom. The van der Waals surface area contributed by atoms with E-state index < -0.39 is 11.5 Å². The number of para-hydroxylation sites is 1. The quantitative estimate of drug-likeness (QED) is 0.778. The summed E-state index contributed by atoms with van der Waals surface area (Å²) in [6, 6.07) is 14.3. The summed E-state index contributed by atoms with van der Waals surface area (Å²) in [5.41, 5.74) is 1.51. The minimum absolute atomic E-state index is 0.254. The maximum Gasteiger partial charge on any atom is 0.267 e. The topological polar surface area (TPSA) is 71.3 Å². The van der Waals surface area contributed by atoms with E-state index in [4.69, 9.17) is 0 Å². The molecule has 2 aromatic carbocycles. The molecule has 1 amide bonds. The minimum atomic E-state index is -0.622. The lowest BCUT2D eigenvalue weighted by molar-refractivity contribution is 0.102. The Hall–Kier alpha value is -3.08. The predicted molar refractivity (Wildman–Crippen MR) is 94.6 cm³/mol. The zero-order chi connectivity index (χ0) is 17.3. The number of benzene rings is 2. The maximum atomic E-state index is 12.5. The third-order valence-electron chi connectivity index (χ3n) is 4.12. The van der Waals surface area contributed by atoms with Crippen LogP contribution in [-0.2, 0) is 13.5 Å². The van der Waals surface area contributed by atoms with Crippen LogP contribution in [0, 0.1) is 0 Å². The Kier molecular flexibility index (Phi) is 4.08. The number of rotatable bonds is 3. The lowest BCUT2D eigenvalue weighted by atomic mass is 10.1. The molecule has 0 atom stereocenters. The summed E-state index contributed by atoms with van der Waals surface area (Å²) in [5, 5.41) is 13.5. The third-order valence-corrected chi connectivity index (χ3v) is 4.12. The van der Waals surface area contributed by atoms with E-state index in [0.717, 1.165) is 12.0 Å². The maximum absolute atomic E-state index is 12.5. The van der Waals surface area contributed by atoms with Gasteiger partial charge in [-0.25, -0.2) is 0 Å². The van der Waals surface area contributed by atoms with E-state index in [1.165, 1.54) is 4.57 Å². The first-order chi connectivity index (χ1) is 11.5. The van der Waals surface area contributed by atoms with Crippen molar-refractivity contribution in [2.75, 3.05) is 5.32 Å². The molecule has 3 rings (SSSR count). The second-order valence-corrected chi connectivity index (χ2v) is 5.61. The molecule has 0 aliphatic heterocycles. The van der Waals surface area contributed by atoms with E-state index in [1.807, 2.05) is 19.1 Å². The number of nitrogens with zero attached hydrogens (tertiary/aromatic N) is 1. The first-order valence-electron chi connectivity index (χ1n) is 7.74. The van der Waals surface area contributed by atoms with Crippen LogP contribution in [0.15, 0.2) is 53.3 Å². The second-order valence-electron chi connectivity index (χ2n) is 5.61. The fourth-order valence-corrected chi connectivity index (χ4v) is 2.70. The van der Waals surface area contributed by atoms with Gasteiger partial charge < -0.3 is 15.0 Å². The summed E-state index contributed by atoms with van der Waals surface area (Å²) in [6.07, 6.45) is 0.903. The normalized spacial score (nSPS) is 10.8. The van der Waals surface area contributed by atoms with Gasteiger partial charge in [-0.05, 0) is 36.2 Å². The number of aromatic nitrogens is 1. The number of amides is 1. The van der Waals surface area contributed by atoms with Gasteiger partial charge in [-0.15, -0.1) is 0 Å². The van der Waals surface area contributed by atoms with E-state index in [2.05, 4.69) is 5.32 Å². The number of anilines is 1. The molecular formula is C19H18N2O3. The van der Waals surface area contributed by atoms with Crippen LogP contribution in [0.5, 0.6) is 5.75 Å². The van der Waals surface area contributed by atoms with E-state index in [0.29, 0.717) is 16.6 Å². The number of pyridine rings is 1.